The van der Waals surface area contributed by atoms with Gasteiger partial charge in [-0.2, -0.15) is 0 Å². The Bertz CT molecular complexity index is 574. The Morgan fingerprint density at radius 2 is 1.87 bits per heavy atom. The second kappa shape index (κ2) is 7.49. The fourth-order valence-electron chi connectivity index (χ4n) is 3.29. The normalized spacial score (nSPS) is 17.1. The quantitative estimate of drug-likeness (QED) is 0.810. The molecule has 1 aromatic carbocycles. The number of hydrogen-bond acceptors (Lipinski definition) is 3. The first-order valence-electron chi connectivity index (χ1n) is 8.15. The molecule has 2 rings (SSSR count). The van der Waals surface area contributed by atoms with Crippen molar-refractivity contribution in [3.8, 4) is 5.75 Å². The summed E-state index contributed by atoms with van der Waals surface area (Å²) in [5.74, 6) is -0.543. The van der Waals surface area contributed by atoms with Gasteiger partial charge in [-0.25, -0.2) is 0 Å². The number of benzene rings is 1. The second-order valence-corrected chi connectivity index (χ2v) is 6.43. The number of carbonyl (C=O) groups is 2. The van der Waals surface area contributed by atoms with Crippen molar-refractivity contribution in [1.82, 2.24) is 0 Å². The molecule has 0 radical (unpaired) electrons. The average Bonchev–Trinajstić information content (AvgIpc) is 2.74. The summed E-state index contributed by atoms with van der Waals surface area (Å²) in [6.45, 7) is 1.93. The molecule has 5 heteroatoms. The Kier molecular flexibility index (Phi) is 5.64. The van der Waals surface area contributed by atoms with Crippen LogP contribution in [0.15, 0.2) is 18.2 Å². The van der Waals surface area contributed by atoms with Crippen molar-refractivity contribution in [1.29, 1.82) is 0 Å². The largest absolute Gasteiger partial charge is 0.495 e. The molecule has 23 heavy (non-hydrogen) atoms. The Morgan fingerprint density at radius 3 is 2.43 bits per heavy atom. The summed E-state index contributed by atoms with van der Waals surface area (Å²) < 4.78 is 5.25. The number of rotatable bonds is 5. The lowest BCUT2D eigenvalue weighted by atomic mass is 9.77. The van der Waals surface area contributed by atoms with Crippen LogP contribution >= 0.6 is 0 Å². The molecule has 0 bridgehead atoms. The highest BCUT2D eigenvalue weighted by atomic mass is 16.5. The van der Waals surface area contributed by atoms with Gasteiger partial charge in [-0.3, -0.25) is 9.59 Å². The molecule has 5 nitrogen and oxygen atoms in total. The fraction of sp³-hybridized carbons (Fsp3) is 0.556. The number of amides is 1. The van der Waals surface area contributed by atoms with E-state index in [0.29, 0.717) is 24.3 Å². The Hall–Kier alpha value is -2.04. The summed E-state index contributed by atoms with van der Waals surface area (Å²) in [6.07, 6.45) is 4.98. The van der Waals surface area contributed by atoms with E-state index in [9.17, 15) is 14.7 Å². The zero-order valence-electron chi connectivity index (χ0n) is 13.9. The monoisotopic (exact) mass is 319 g/mol. The van der Waals surface area contributed by atoms with Crippen LogP contribution in [-0.4, -0.2) is 24.1 Å². The number of ether oxygens (including phenoxy) is 1. The van der Waals surface area contributed by atoms with Gasteiger partial charge in [-0.15, -0.1) is 0 Å². The Balaban J connectivity index is 2.13. The van der Waals surface area contributed by atoms with Crippen LogP contribution < -0.4 is 10.1 Å². The van der Waals surface area contributed by atoms with Gasteiger partial charge in [-0.05, 0) is 37.5 Å². The number of nitrogens with one attached hydrogen (secondary N) is 1. The lowest BCUT2D eigenvalue weighted by Crippen LogP contribution is -2.35. The Labute approximate surface area is 137 Å². The minimum atomic E-state index is -0.933. The van der Waals surface area contributed by atoms with E-state index < -0.39 is 11.4 Å². The van der Waals surface area contributed by atoms with Crippen LogP contribution in [0.5, 0.6) is 5.75 Å². The number of carboxylic acids is 1. The number of aliphatic carboxylic acids is 1. The van der Waals surface area contributed by atoms with Gasteiger partial charge in [-0.1, -0.05) is 31.7 Å². The first kappa shape index (κ1) is 17.3. The summed E-state index contributed by atoms with van der Waals surface area (Å²) in [4.78, 5) is 24.2. The number of hydrogen-bond donors (Lipinski definition) is 2. The summed E-state index contributed by atoms with van der Waals surface area (Å²) in [7, 11) is 1.55. The third kappa shape index (κ3) is 4.24. The molecule has 2 N–H and O–H groups in total. The van der Waals surface area contributed by atoms with Gasteiger partial charge in [0, 0.05) is 6.42 Å². The van der Waals surface area contributed by atoms with E-state index in [-0.39, 0.29) is 12.3 Å². The van der Waals surface area contributed by atoms with Crippen LogP contribution in [0, 0.1) is 12.3 Å². The van der Waals surface area contributed by atoms with Crippen molar-refractivity contribution < 1.29 is 19.4 Å². The molecule has 0 atom stereocenters. The Morgan fingerprint density at radius 1 is 1.22 bits per heavy atom. The van der Waals surface area contributed by atoms with E-state index >= 15 is 0 Å². The topological polar surface area (TPSA) is 75.6 Å². The molecule has 0 aliphatic heterocycles. The average molecular weight is 319 g/mol. The number of carbonyl (C=O) groups excluding carboxylic acids is 1. The van der Waals surface area contributed by atoms with Crippen molar-refractivity contribution >= 4 is 17.6 Å². The third-order valence-electron chi connectivity index (χ3n) is 4.64. The molecular formula is C18H25NO4. The number of anilines is 1. The molecule has 1 saturated carbocycles. The van der Waals surface area contributed by atoms with Gasteiger partial charge in [0.25, 0.3) is 0 Å². The van der Waals surface area contributed by atoms with E-state index in [1.807, 2.05) is 19.1 Å². The maximum atomic E-state index is 12.5. The zero-order chi connectivity index (χ0) is 16.9. The highest BCUT2D eigenvalue weighted by molar-refractivity contribution is 5.95. The van der Waals surface area contributed by atoms with Gasteiger partial charge in [0.2, 0.25) is 5.91 Å². The predicted molar refractivity (Wildman–Crippen MR) is 88.7 cm³/mol. The molecule has 1 amide bonds. The summed E-state index contributed by atoms with van der Waals surface area (Å²) in [5.41, 5.74) is 0.660. The van der Waals surface area contributed by atoms with Gasteiger partial charge in [0.1, 0.15) is 5.75 Å². The summed E-state index contributed by atoms with van der Waals surface area (Å²) >= 11 is 0. The van der Waals surface area contributed by atoms with E-state index in [0.717, 1.165) is 31.2 Å². The lowest BCUT2D eigenvalue weighted by molar-refractivity contribution is -0.152. The third-order valence-corrected chi connectivity index (χ3v) is 4.64. The van der Waals surface area contributed by atoms with Crippen molar-refractivity contribution in [3.05, 3.63) is 23.8 Å². The van der Waals surface area contributed by atoms with Crippen LogP contribution in [-0.2, 0) is 9.59 Å². The summed E-state index contributed by atoms with van der Waals surface area (Å²) in [5, 5.41) is 12.5. The first-order chi connectivity index (χ1) is 11.0. The van der Waals surface area contributed by atoms with Crippen LogP contribution in [0.25, 0.3) is 0 Å². The molecular weight excluding hydrogens is 294 g/mol. The molecule has 1 aliphatic rings. The van der Waals surface area contributed by atoms with Gasteiger partial charge >= 0.3 is 5.97 Å². The molecule has 0 unspecified atom stereocenters. The number of carboxylic acid groups (broad SMARTS) is 1. The van der Waals surface area contributed by atoms with Crippen LogP contribution in [0.1, 0.15) is 50.5 Å². The molecule has 126 valence electrons. The molecule has 1 fully saturated rings. The van der Waals surface area contributed by atoms with Gasteiger partial charge in [0.15, 0.2) is 0 Å². The molecule has 1 aromatic rings. The number of methoxy groups -OCH3 is 1. The second-order valence-electron chi connectivity index (χ2n) is 6.43. The van der Waals surface area contributed by atoms with Crippen molar-refractivity contribution in [3.63, 3.8) is 0 Å². The van der Waals surface area contributed by atoms with Crippen molar-refractivity contribution in [2.45, 2.75) is 51.9 Å². The molecule has 0 saturated heterocycles. The maximum Gasteiger partial charge on any atom is 0.310 e. The van der Waals surface area contributed by atoms with Crippen molar-refractivity contribution in [2.24, 2.45) is 5.41 Å². The minimum Gasteiger partial charge on any atom is -0.495 e. The summed E-state index contributed by atoms with van der Waals surface area (Å²) in [6, 6.07) is 5.53. The van der Waals surface area contributed by atoms with E-state index in [2.05, 4.69) is 5.32 Å². The minimum absolute atomic E-state index is 0.0133. The van der Waals surface area contributed by atoms with Crippen LogP contribution in [0.3, 0.4) is 0 Å². The van der Waals surface area contributed by atoms with Gasteiger partial charge < -0.3 is 15.2 Å². The molecule has 0 heterocycles. The van der Waals surface area contributed by atoms with E-state index in [1.165, 1.54) is 0 Å². The first-order valence-corrected chi connectivity index (χ1v) is 8.15. The van der Waals surface area contributed by atoms with Crippen LogP contribution in [0.4, 0.5) is 5.69 Å². The fourth-order valence-corrected chi connectivity index (χ4v) is 3.29. The van der Waals surface area contributed by atoms with E-state index in [1.54, 1.807) is 13.2 Å². The highest BCUT2D eigenvalue weighted by Crippen LogP contribution is 2.39. The molecule has 1 aliphatic carbocycles. The number of aryl methyl sites for hydroxylation is 1. The SMILES string of the molecule is COc1ccc(C)cc1NC(=O)CC1(C(=O)O)CCCCCC1. The molecule has 0 spiro atoms. The molecule has 0 aromatic heterocycles. The predicted octanol–water partition coefficient (Wildman–Crippen LogP) is 3.76. The maximum absolute atomic E-state index is 12.5. The van der Waals surface area contributed by atoms with Gasteiger partial charge in [0.05, 0.1) is 18.2 Å². The highest BCUT2D eigenvalue weighted by Gasteiger charge is 2.40. The van der Waals surface area contributed by atoms with Crippen molar-refractivity contribution in [2.75, 3.05) is 12.4 Å². The van der Waals surface area contributed by atoms with Crippen LogP contribution in [0.2, 0.25) is 0 Å². The lowest BCUT2D eigenvalue weighted by Gasteiger charge is -2.27. The van der Waals surface area contributed by atoms with E-state index in [4.69, 9.17) is 4.74 Å². The smallest absolute Gasteiger partial charge is 0.310 e. The zero-order valence-corrected chi connectivity index (χ0v) is 13.9. The standard InChI is InChI=1S/C18H25NO4/c1-13-7-8-15(23-2)14(11-13)19-16(20)12-18(17(21)22)9-5-3-4-6-10-18/h7-8,11H,3-6,9-10,12H2,1-2H3,(H,19,20)(H,21,22).